The third kappa shape index (κ3) is 5.69. The number of rotatable bonds is 6. The van der Waals surface area contributed by atoms with Gasteiger partial charge in [-0.15, -0.1) is 0 Å². The van der Waals surface area contributed by atoms with E-state index >= 15 is 0 Å². The van der Waals surface area contributed by atoms with Gasteiger partial charge in [-0.05, 0) is 61.7 Å². The summed E-state index contributed by atoms with van der Waals surface area (Å²) in [7, 11) is 0. The molecular formula is C20H21F3N4O2. The number of halogens is 3. The van der Waals surface area contributed by atoms with Gasteiger partial charge in [0.15, 0.2) is 6.61 Å². The van der Waals surface area contributed by atoms with Gasteiger partial charge < -0.3 is 9.64 Å². The van der Waals surface area contributed by atoms with Crippen molar-refractivity contribution in [3.05, 3.63) is 53.7 Å². The molecule has 0 atom stereocenters. The maximum absolute atomic E-state index is 12.5. The van der Waals surface area contributed by atoms with Gasteiger partial charge in [0.1, 0.15) is 11.6 Å². The number of aromatic nitrogens is 1. The van der Waals surface area contributed by atoms with Crippen molar-refractivity contribution in [3.8, 4) is 5.75 Å². The summed E-state index contributed by atoms with van der Waals surface area (Å²) in [6.45, 7) is 3.34. The van der Waals surface area contributed by atoms with Crippen molar-refractivity contribution in [2.45, 2.75) is 25.9 Å². The predicted molar refractivity (Wildman–Crippen MR) is 103 cm³/mol. The number of nitrogens with one attached hydrogen (secondary N) is 1. The van der Waals surface area contributed by atoms with Crippen molar-refractivity contribution in [2.75, 3.05) is 25.1 Å². The lowest BCUT2D eigenvalue weighted by molar-refractivity contribution is -0.137. The highest BCUT2D eigenvalue weighted by Gasteiger charge is 2.30. The van der Waals surface area contributed by atoms with Crippen molar-refractivity contribution in [3.63, 3.8) is 0 Å². The Labute approximate surface area is 166 Å². The first kappa shape index (κ1) is 20.6. The van der Waals surface area contributed by atoms with Gasteiger partial charge in [0.2, 0.25) is 0 Å². The number of hydrogen-bond donors (Lipinski definition) is 1. The molecule has 9 heteroatoms. The van der Waals surface area contributed by atoms with Gasteiger partial charge >= 0.3 is 6.18 Å². The van der Waals surface area contributed by atoms with Crippen LogP contribution >= 0.6 is 0 Å². The minimum absolute atomic E-state index is 0.00750. The number of pyridine rings is 1. The zero-order chi connectivity index (χ0) is 20.9. The second-order valence-electron chi connectivity index (χ2n) is 6.64. The van der Waals surface area contributed by atoms with Crippen LogP contribution in [0.25, 0.3) is 0 Å². The molecule has 154 valence electrons. The van der Waals surface area contributed by atoms with Crippen LogP contribution in [0.1, 0.15) is 30.9 Å². The molecule has 29 heavy (non-hydrogen) atoms. The zero-order valence-corrected chi connectivity index (χ0v) is 15.9. The molecule has 1 aromatic heterocycles. The molecule has 1 fully saturated rings. The summed E-state index contributed by atoms with van der Waals surface area (Å²) >= 11 is 0. The predicted octanol–water partition coefficient (Wildman–Crippen LogP) is 3.94. The molecule has 1 N–H and O–H groups in total. The van der Waals surface area contributed by atoms with E-state index in [0.29, 0.717) is 11.5 Å². The van der Waals surface area contributed by atoms with Crippen LogP contribution in [0, 0.1) is 0 Å². The molecule has 0 bridgehead atoms. The lowest BCUT2D eigenvalue weighted by Crippen LogP contribution is -2.32. The van der Waals surface area contributed by atoms with E-state index in [-0.39, 0.29) is 18.3 Å². The fourth-order valence-electron chi connectivity index (χ4n) is 2.83. The summed E-state index contributed by atoms with van der Waals surface area (Å²) in [5.41, 5.74) is 3.23. The van der Waals surface area contributed by atoms with Gasteiger partial charge in [0.05, 0.1) is 11.3 Å². The number of hydrogen-bond acceptors (Lipinski definition) is 5. The Morgan fingerprint density at radius 1 is 1.17 bits per heavy atom. The topological polar surface area (TPSA) is 66.8 Å². The zero-order valence-electron chi connectivity index (χ0n) is 15.9. The summed E-state index contributed by atoms with van der Waals surface area (Å²) in [6, 6.07) is 9.21. The average Bonchev–Trinajstić information content (AvgIpc) is 3.25. The molecule has 1 saturated heterocycles. The number of alkyl halides is 3. The van der Waals surface area contributed by atoms with Crippen molar-refractivity contribution in [1.82, 2.24) is 9.88 Å². The smallest absolute Gasteiger partial charge is 0.417 e. The second-order valence-corrected chi connectivity index (χ2v) is 6.64. The molecule has 2 aromatic rings. The van der Waals surface area contributed by atoms with Gasteiger partial charge in [-0.1, -0.05) is 0 Å². The summed E-state index contributed by atoms with van der Waals surface area (Å²) in [5, 5.41) is 4.13. The number of carbonyl (C=O) groups is 1. The first-order valence-electron chi connectivity index (χ1n) is 9.17. The third-order valence-corrected chi connectivity index (χ3v) is 4.52. The van der Waals surface area contributed by atoms with Crippen LogP contribution in [0.15, 0.2) is 47.7 Å². The molecule has 0 radical (unpaired) electrons. The van der Waals surface area contributed by atoms with Gasteiger partial charge in [0.25, 0.3) is 5.91 Å². The van der Waals surface area contributed by atoms with Crippen molar-refractivity contribution >= 4 is 17.4 Å². The van der Waals surface area contributed by atoms with Gasteiger partial charge in [-0.25, -0.2) is 4.98 Å². The van der Waals surface area contributed by atoms with Crippen LogP contribution in [0.3, 0.4) is 0 Å². The summed E-state index contributed by atoms with van der Waals surface area (Å²) in [6.07, 6.45) is -1.60. The fraction of sp³-hybridized carbons (Fsp3) is 0.350. The lowest BCUT2D eigenvalue weighted by atomic mass is 10.1. The Morgan fingerprint density at radius 3 is 2.45 bits per heavy atom. The van der Waals surface area contributed by atoms with E-state index < -0.39 is 11.7 Å². The molecule has 1 aliphatic heterocycles. The Kier molecular flexibility index (Phi) is 6.36. The highest BCUT2D eigenvalue weighted by atomic mass is 19.4. The van der Waals surface area contributed by atoms with Crippen molar-refractivity contribution < 1.29 is 22.7 Å². The van der Waals surface area contributed by atoms with E-state index in [2.05, 4.69) is 15.5 Å². The van der Waals surface area contributed by atoms with E-state index in [1.165, 1.54) is 6.07 Å². The Morgan fingerprint density at radius 2 is 1.86 bits per heavy atom. The largest absolute Gasteiger partial charge is 0.484 e. The minimum Gasteiger partial charge on any atom is -0.484 e. The van der Waals surface area contributed by atoms with E-state index in [1.54, 1.807) is 36.1 Å². The van der Waals surface area contributed by atoms with Crippen LogP contribution < -0.4 is 10.2 Å². The van der Waals surface area contributed by atoms with Gasteiger partial charge in [0, 0.05) is 19.3 Å². The Balaban J connectivity index is 1.53. The van der Waals surface area contributed by atoms with Crippen LogP contribution in [0.5, 0.6) is 5.75 Å². The molecule has 1 aliphatic rings. The van der Waals surface area contributed by atoms with Crippen LogP contribution in [0.2, 0.25) is 0 Å². The van der Waals surface area contributed by atoms with E-state index in [1.807, 2.05) is 0 Å². The first-order chi connectivity index (χ1) is 13.8. The molecule has 0 saturated carbocycles. The first-order valence-corrected chi connectivity index (χ1v) is 9.17. The third-order valence-electron chi connectivity index (χ3n) is 4.52. The Hall–Kier alpha value is -3.10. The molecule has 1 amide bonds. The molecule has 2 heterocycles. The summed E-state index contributed by atoms with van der Waals surface area (Å²) < 4.78 is 43.2. The van der Waals surface area contributed by atoms with Crippen LogP contribution in [0.4, 0.5) is 19.0 Å². The maximum atomic E-state index is 12.5. The van der Waals surface area contributed by atoms with Crippen LogP contribution in [-0.4, -0.2) is 41.2 Å². The normalized spacial score (nSPS) is 14.8. The molecule has 0 unspecified atom stereocenters. The summed E-state index contributed by atoms with van der Waals surface area (Å²) in [4.78, 5) is 17.5. The minimum atomic E-state index is -4.42. The van der Waals surface area contributed by atoms with Crippen LogP contribution in [-0.2, 0) is 11.0 Å². The van der Waals surface area contributed by atoms with Gasteiger partial charge in [-0.3, -0.25) is 10.2 Å². The highest BCUT2D eigenvalue weighted by molar-refractivity contribution is 5.99. The maximum Gasteiger partial charge on any atom is 0.417 e. The Bertz CT molecular complexity index is 859. The number of nitrogens with zero attached hydrogens (tertiary/aromatic N) is 3. The van der Waals surface area contributed by atoms with E-state index in [9.17, 15) is 18.0 Å². The number of hydrazone groups is 1. The number of benzene rings is 1. The SMILES string of the molecule is C/C(=N\Nc1ccc(C(F)(F)F)cn1)c1ccc(OCC(=O)N2CCCC2)cc1. The van der Waals surface area contributed by atoms with Gasteiger partial charge in [-0.2, -0.15) is 18.3 Å². The molecule has 3 rings (SSSR count). The number of likely N-dealkylation sites (tertiary alicyclic amines) is 1. The average molecular weight is 406 g/mol. The molecular weight excluding hydrogens is 385 g/mol. The number of anilines is 1. The molecule has 0 aliphatic carbocycles. The van der Waals surface area contributed by atoms with Crippen molar-refractivity contribution in [1.29, 1.82) is 0 Å². The molecule has 6 nitrogen and oxygen atoms in total. The standard InChI is InChI=1S/C20H21F3N4O2/c1-14(25-26-18-9-6-16(12-24-18)20(21,22)23)15-4-7-17(8-5-15)29-13-19(28)27-10-2-3-11-27/h4-9,12H,2-3,10-11,13H2,1H3,(H,24,26)/b25-14+. The van der Waals surface area contributed by atoms with E-state index in [4.69, 9.17) is 4.74 Å². The van der Waals surface area contributed by atoms with E-state index in [0.717, 1.165) is 43.8 Å². The summed E-state index contributed by atoms with van der Waals surface area (Å²) in [5.74, 6) is 0.766. The monoisotopic (exact) mass is 406 g/mol. The van der Waals surface area contributed by atoms with Crippen molar-refractivity contribution in [2.24, 2.45) is 5.10 Å². The second kappa shape index (κ2) is 8.93. The fourth-order valence-corrected chi connectivity index (χ4v) is 2.83. The number of amides is 1. The lowest BCUT2D eigenvalue weighted by Gasteiger charge is -2.15. The number of ether oxygens (including phenoxy) is 1. The molecule has 0 spiro atoms. The quantitative estimate of drug-likeness (QED) is 0.583. The number of carbonyl (C=O) groups excluding carboxylic acids is 1. The molecule has 1 aromatic carbocycles. The highest BCUT2D eigenvalue weighted by Crippen LogP contribution is 2.28.